The number of benzene rings is 1. The molecule has 1 heterocycles. The highest BCUT2D eigenvalue weighted by molar-refractivity contribution is 7.13. The standard InChI is InChI=1S/C18H22N4O5S/c1-27-13-6-4-11(5-7-13)16-21-12(10-28-16)9-15(23)22-14(17(24)25)3-2-8-20-18(19)26/h4-7,10,14H,2-3,8-9H2,1H3,(H,22,23)(H,24,25)(H3,19,20,26)/t14-/m1/s1. The number of rotatable bonds is 10. The Hall–Kier alpha value is -3.14. The number of thiazole rings is 1. The van der Waals surface area contributed by atoms with Crippen molar-refractivity contribution in [2.45, 2.75) is 25.3 Å². The lowest BCUT2D eigenvalue weighted by molar-refractivity contribution is -0.141. The topological polar surface area (TPSA) is 144 Å². The van der Waals surface area contributed by atoms with Gasteiger partial charge in [0.05, 0.1) is 19.2 Å². The summed E-state index contributed by atoms with van der Waals surface area (Å²) in [5, 5.41) is 16.6. The van der Waals surface area contributed by atoms with Crippen molar-refractivity contribution in [3.05, 3.63) is 35.3 Å². The normalized spacial score (nSPS) is 11.5. The molecule has 0 radical (unpaired) electrons. The van der Waals surface area contributed by atoms with E-state index in [1.165, 1.54) is 11.3 Å². The van der Waals surface area contributed by atoms with Gasteiger partial charge in [-0.1, -0.05) is 0 Å². The molecule has 1 aromatic heterocycles. The van der Waals surface area contributed by atoms with Gasteiger partial charge in [0, 0.05) is 17.5 Å². The highest BCUT2D eigenvalue weighted by atomic mass is 32.1. The van der Waals surface area contributed by atoms with Crippen LogP contribution in [0.25, 0.3) is 10.6 Å². The van der Waals surface area contributed by atoms with Crippen LogP contribution in [-0.4, -0.2) is 47.7 Å². The number of methoxy groups -OCH3 is 1. The number of urea groups is 1. The van der Waals surface area contributed by atoms with Crippen molar-refractivity contribution < 1.29 is 24.2 Å². The van der Waals surface area contributed by atoms with Crippen molar-refractivity contribution in [2.75, 3.05) is 13.7 Å². The maximum atomic E-state index is 12.2. The third-order valence-electron chi connectivity index (χ3n) is 3.83. The fraction of sp³-hybridized carbons (Fsp3) is 0.333. The second-order valence-electron chi connectivity index (χ2n) is 5.94. The van der Waals surface area contributed by atoms with E-state index in [4.69, 9.17) is 10.5 Å². The molecule has 0 aliphatic carbocycles. The van der Waals surface area contributed by atoms with E-state index in [9.17, 15) is 19.5 Å². The van der Waals surface area contributed by atoms with Crippen LogP contribution < -0.4 is 21.1 Å². The molecule has 10 heteroatoms. The van der Waals surface area contributed by atoms with Crippen molar-refractivity contribution in [3.8, 4) is 16.3 Å². The molecule has 0 unspecified atom stereocenters. The molecular formula is C18H22N4O5S. The third-order valence-corrected chi connectivity index (χ3v) is 4.77. The van der Waals surface area contributed by atoms with Gasteiger partial charge in [0.2, 0.25) is 5.91 Å². The zero-order valence-electron chi connectivity index (χ0n) is 15.3. The number of hydrogen-bond donors (Lipinski definition) is 4. The minimum atomic E-state index is -1.13. The Labute approximate surface area is 165 Å². The number of hydrogen-bond acceptors (Lipinski definition) is 6. The highest BCUT2D eigenvalue weighted by Crippen LogP contribution is 2.25. The molecular weight excluding hydrogens is 384 g/mol. The molecule has 5 N–H and O–H groups in total. The first-order valence-electron chi connectivity index (χ1n) is 8.53. The Morgan fingerprint density at radius 2 is 2.00 bits per heavy atom. The maximum absolute atomic E-state index is 12.2. The maximum Gasteiger partial charge on any atom is 0.326 e. The predicted octanol–water partition coefficient (Wildman–Crippen LogP) is 1.38. The van der Waals surface area contributed by atoms with Gasteiger partial charge in [-0.25, -0.2) is 14.6 Å². The molecule has 1 aromatic carbocycles. The van der Waals surface area contributed by atoms with E-state index in [2.05, 4.69) is 15.6 Å². The van der Waals surface area contributed by atoms with E-state index in [0.29, 0.717) is 12.1 Å². The van der Waals surface area contributed by atoms with Gasteiger partial charge in [-0.15, -0.1) is 11.3 Å². The zero-order chi connectivity index (χ0) is 20.5. The summed E-state index contributed by atoms with van der Waals surface area (Å²) in [6, 6.07) is 5.69. The number of aliphatic carboxylic acids is 1. The number of amides is 3. The predicted molar refractivity (Wildman–Crippen MR) is 104 cm³/mol. The van der Waals surface area contributed by atoms with Gasteiger partial charge in [0.1, 0.15) is 16.8 Å². The fourth-order valence-corrected chi connectivity index (χ4v) is 3.27. The Morgan fingerprint density at radius 3 is 2.61 bits per heavy atom. The molecule has 0 saturated carbocycles. The van der Waals surface area contributed by atoms with E-state index >= 15 is 0 Å². The van der Waals surface area contributed by atoms with Gasteiger partial charge in [0.25, 0.3) is 0 Å². The summed E-state index contributed by atoms with van der Waals surface area (Å²) in [6.07, 6.45) is 0.532. The van der Waals surface area contributed by atoms with E-state index in [0.717, 1.165) is 16.3 Å². The van der Waals surface area contributed by atoms with E-state index in [1.54, 1.807) is 12.5 Å². The molecule has 0 aliphatic rings. The summed E-state index contributed by atoms with van der Waals surface area (Å²) < 4.78 is 5.12. The van der Waals surface area contributed by atoms with Crippen molar-refractivity contribution in [1.82, 2.24) is 15.6 Å². The first-order valence-corrected chi connectivity index (χ1v) is 9.41. The zero-order valence-corrected chi connectivity index (χ0v) is 16.1. The molecule has 0 bridgehead atoms. The van der Waals surface area contributed by atoms with E-state index in [1.807, 2.05) is 24.3 Å². The molecule has 2 rings (SSSR count). The number of carboxylic acid groups (broad SMARTS) is 1. The number of nitrogens with one attached hydrogen (secondary N) is 2. The largest absolute Gasteiger partial charge is 0.497 e. The van der Waals surface area contributed by atoms with Crippen LogP contribution in [-0.2, 0) is 16.0 Å². The minimum Gasteiger partial charge on any atom is -0.497 e. The third kappa shape index (κ3) is 6.54. The van der Waals surface area contributed by atoms with Crippen LogP contribution in [0.2, 0.25) is 0 Å². The Morgan fingerprint density at radius 1 is 1.29 bits per heavy atom. The van der Waals surface area contributed by atoms with Gasteiger partial charge < -0.3 is 26.2 Å². The molecule has 1 atom stereocenters. The van der Waals surface area contributed by atoms with Crippen LogP contribution in [0.1, 0.15) is 18.5 Å². The van der Waals surface area contributed by atoms with Gasteiger partial charge in [-0.2, -0.15) is 0 Å². The lowest BCUT2D eigenvalue weighted by atomic mass is 10.1. The second kappa shape index (κ2) is 10.3. The first kappa shape index (κ1) is 21.2. The summed E-state index contributed by atoms with van der Waals surface area (Å²) in [5.41, 5.74) is 6.41. The van der Waals surface area contributed by atoms with Crippen molar-refractivity contribution in [3.63, 3.8) is 0 Å². The van der Waals surface area contributed by atoms with Crippen LogP contribution >= 0.6 is 11.3 Å². The number of primary amides is 1. The Kier molecular flexibility index (Phi) is 7.76. The molecule has 0 aliphatic heterocycles. The fourth-order valence-electron chi connectivity index (χ4n) is 2.44. The summed E-state index contributed by atoms with van der Waals surface area (Å²) in [4.78, 5) is 38.5. The number of carboxylic acids is 1. The molecule has 0 saturated heterocycles. The first-order chi connectivity index (χ1) is 13.4. The molecule has 28 heavy (non-hydrogen) atoms. The van der Waals surface area contributed by atoms with Crippen molar-refractivity contribution in [2.24, 2.45) is 5.73 Å². The minimum absolute atomic E-state index is 0.0179. The number of aromatic nitrogens is 1. The number of nitrogens with two attached hydrogens (primary N) is 1. The Balaban J connectivity index is 1.89. The number of carbonyl (C=O) groups excluding carboxylic acids is 2. The molecule has 2 aromatic rings. The molecule has 0 spiro atoms. The lowest BCUT2D eigenvalue weighted by Gasteiger charge is -2.14. The van der Waals surface area contributed by atoms with E-state index < -0.39 is 23.9 Å². The van der Waals surface area contributed by atoms with Crippen molar-refractivity contribution >= 4 is 29.2 Å². The molecule has 3 amide bonds. The lowest BCUT2D eigenvalue weighted by Crippen LogP contribution is -2.42. The summed E-state index contributed by atoms with van der Waals surface area (Å²) in [6.45, 7) is 0.242. The van der Waals surface area contributed by atoms with Gasteiger partial charge in [0.15, 0.2) is 0 Å². The second-order valence-corrected chi connectivity index (χ2v) is 6.80. The van der Waals surface area contributed by atoms with Crippen LogP contribution in [0.15, 0.2) is 29.6 Å². The summed E-state index contributed by atoms with van der Waals surface area (Å²) in [5.74, 6) is -0.822. The number of ether oxygens (including phenoxy) is 1. The molecule has 0 fully saturated rings. The molecule has 150 valence electrons. The smallest absolute Gasteiger partial charge is 0.326 e. The van der Waals surface area contributed by atoms with Crippen LogP contribution in [0.3, 0.4) is 0 Å². The van der Waals surface area contributed by atoms with Gasteiger partial charge in [-0.3, -0.25) is 4.79 Å². The highest BCUT2D eigenvalue weighted by Gasteiger charge is 2.20. The van der Waals surface area contributed by atoms with Crippen LogP contribution in [0.5, 0.6) is 5.75 Å². The van der Waals surface area contributed by atoms with Gasteiger partial charge >= 0.3 is 12.0 Å². The van der Waals surface area contributed by atoms with Gasteiger partial charge in [-0.05, 0) is 37.1 Å². The average Bonchev–Trinajstić information content (AvgIpc) is 3.12. The van der Waals surface area contributed by atoms with Crippen LogP contribution in [0.4, 0.5) is 4.79 Å². The SMILES string of the molecule is COc1ccc(-c2nc(CC(=O)N[C@H](CCCNC(N)=O)C(=O)O)cs2)cc1. The average molecular weight is 406 g/mol. The van der Waals surface area contributed by atoms with E-state index in [-0.39, 0.29) is 19.4 Å². The van der Waals surface area contributed by atoms with Crippen LogP contribution in [0, 0.1) is 0 Å². The number of carbonyl (C=O) groups is 3. The number of nitrogens with zero attached hydrogens (tertiary/aromatic N) is 1. The summed E-state index contributed by atoms with van der Waals surface area (Å²) >= 11 is 1.40. The monoisotopic (exact) mass is 406 g/mol. The molecule has 9 nitrogen and oxygen atoms in total. The quantitative estimate of drug-likeness (QED) is 0.439. The summed E-state index contributed by atoms with van der Waals surface area (Å²) in [7, 11) is 1.59. The van der Waals surface area contributed by atoms with Crippen molar-refractivity contribution in [1.29, 1.82) is 0 Å². The Bertz CT molecular complexity index is 822.